The number of carboxylic acid groups (broad SMARTS) is 1. The molecule has 286 valence electrons. The first-order chi connectivity index (χ1) is 23.2. The van der Waals surface area contributed by atoms with Crippen LogP contribution < -0.4 is 43.0 Å². The van der Waals surface area contributed by atoms with Crippen molar-refractivity contribution >= 4 is 47.3 Å². The quantitative estimate of drug-likeness (QED) is 0.0499. The van der Waals surface area contributed by atoms with Gasteiger partial charge in [0.1, 0.15) is 42.3 Å². The molecule has 0 heterocycles. The molecule has 0 saturated carbocycles. The summed E-state index contributed by atoms with van der Waals surface area (Å²) in [4.78, 5) is 99.9. The lowest BCUT2D eigenvalue weighted by atomic mass is 10.0. The number of hydrogen-bond donors (Lipinski definition) is 12. The highest BCUT2D eigenvalue weighted by Crippen LogP contribution is 2.06. The number of carbonyl (C=O) groups excluding carboxylic acids is 7. The van der Waals surface area contributed by atoms with Gasteiger partial charge in [-0.15, -0.1) is 0 Å². The first-order valence-corrected chi connectivity index (χ1v) is 16.1. The van der Waals surface area contributed by atoms with E-state index in [1.165, 1.54) is 6.92 Å². The van der Waals surface area contributed by atoms with Gasteiger partial charge in [0, 0.05) is 0 Å². The van der Waals surface area contributed by atoms with Gasteiger partial charge in [-0.05, 0) is 31.1 Å². The average molecular weight is 719 g/mol. The molecule has 0 aromatic carbocycles. The smallest absolute Gasteiger partial charge is 0.326 e. The highest BCUT2D eigenvalue weighted by atomic mass is 16.4. The van der Waals surface area contributed by atoms with Gasteiger partial charge in [-0.1, -0.05) is 41.5 Å². The molecule has 0 radical (unpaired) electrons. The summed E-state index contributed by atoms with van der Waals surface area (Å²) in [7, 11) is 0. The van der Waals surface area contributed by atoms with E-state index in [0.29, 0.717) is 0 Å². The monoisotopic (exact) mass is 718 g/mol. The Balaban J connectivity index is 5.35. The van der Waals surface area contributed by atoms with Gasteiger partial charge < -0.3 is 63.4 Å². The van der Waals surface area contributed by atoms with Crippen molar-refractivity contribution in [3.8, 4) is 0 Å². The molecule has 13 N–H and O–H groups in total. The molecule has 0 aromatic rings. The predicted molar refractivity (Wildman–Crippen MR) is 176 cm³/mol. The van der Waals surface area contributed by atoms with Crippen LogP contribution in [-0.2, 0) is 38.4 Å². The number of rotatable bonds is 22. The van der Waals surface area contributed by atoms with Crippen LogP contribution in [0.15, 0.2) is 0 Å². The van der Waals surface area contributed by atoms with Crippen LogP contribution in [0, 0.1) is 17.8 Å². The molecule has 0 aliphatic carbocycles. The Hall–Kier alpha value is -4.40. The van der Waals surface area contributed by atoms with E-state index < -0.39 is 128 Å². The van der Waals surface area contributed by atoms with Gasteiger partial charge >= 0.3 is 5.97 Å². The molecule has 0 aliphatic heterocycles. The van der Waals surface area contributed by atoms with Gasteiger partial charge in [-0.25, -0.2) is 4.79 Å². The van der Waals surface area contributed by atoms with Gasteiger partial charge in [0.2, 0.25) is 41.4 Å². The molecule has 7 atom stereocenters. The van der Waals surface area contributed by atoms with Crippen LogP contribution in [0.3, 0.4) is 0 Å². The largest absolute Gasteiger partial charge is 0.480 e. The molecule has 0 aliphatic rings. The van der Waals surface area contributed by atoms with Crippen molar-refractivity contribution in [2.24, 2.45) is 23.5 Å². The Morgan fingerprint density at radius 2 is 0.980 bits per heavy atom. The van der Waals surface area contributed by atoms with Gasteiger partial charge in [0.05, 0.1) is 26.4 Å². The zero-order valence-electron chi connectivity index (χ0n) is 29.4. The number of carbonyl (C=O) groups is 8. The molecule has 0 saturated heterocycles. The molecule has 20 heteroatoms. The van der Waals surface area contributed by atoms with Crippen molar-refractivity contribution in [1.82, 2.24) is 37.2 Å². The molecule has 0 spiro atoms. The van der Waals surface area contributed by atoms with Crippen LogP contribution in [0.2, 0.25) is 0 Å². The lowest BCUT2D eigenvalue weighted by Gasteiger charge is -2.27. The number of nitrogens with one attached hydrogen (secondary N) is 7. The third-order valence-corrected chi connectivity index (χ3v) is 7.17. The van der Waals surface area contributed by atoms with Gasteiger partial charge in [0.25, 0.3) is 0 Å². The normalized spacial score (nSPS) is 15.4. The van der Waals surface area contributed by atoms with E-state index in [0.717, 1.165) is 0 Å². The second-order valence-corrected chi connectivity index (χ2v) is 12.8. The molecule has 7 amide bonds. The summed E-state index contributed by atoms with van der Waals surface area (Å²) in [6.07, 6.45) is 0.168. The molecule has 20 nitrogen and oxygen atoms in total. The lowest BCUT2D eigenvalue weighted by Crippen LogP contribution is -2.61. The van der Waals surface area contributed by atoms with Crippen LogP contribution in [0.1, 0.15) is 54.9 Å². The van der Waals surface area contributed by atoms with E-state index in [4.69, 9.17) is 10.8 Å². The third kappa shape index (κ3) is 15.9. The fourth-order valence-electron chi connectivity index (χ4n) is 4.21. The highest BCUT2D eigenvalue weighted by molar-refractivity contribution is 5.97. The van der Waals surface area contributed by atoms with Crippen LogP contribution in [0.4, 0.5) is 0 Å². The van der Waals surface area contributed by atoms with Crippen molar-refractivity contribution in [3.63, 3.8) is 0 Å². The number of nitrogens with two attached hydrogens (primary N) is 1. The molecule has 0 aromatic heterocycles. The van der Waals surface area contributed by atoms with Crippen LogP contribution >= 0.6 is 0 Å². The van der Waals surface area contributed by atoms with Crippen molar-refractivity contribution in [2.45, 2.75) is 97.2 Å². The summed E-state index contributed by atoms with van der Waals surface area (Å²) in [5.41, 5.74) is 5.47. The Morgan fingerprint density at radius 1 is 0.540 bits per heavy atom. The maximum absolute atomic E-state index is 13.0. The summed E-state index contributed by atoms with van der Waals surface area (Å²) < 4.78 is 0. The number of aliphatic carboxylic acids is 1. The van der Waals surface area contributed by atoms with E-state index in [1.807, 2.05) is 0 Å². The number of amides is 7. The first-order valence-electron chi connectivity index (χ1n) is 16.1. The fourth-order valence-corrected chi connectivity index (χ4v) is 4.21. The van der Waals surface area contributed by atoms with E-state index in [1.54, 1.807) is 41.5 Å². The minimum absolute atomic E-state index is 0.0244. The van der Waals surface area contributed by atoms with Crippen LogP contribution in [0.25, 0.3) is 0 Å². The van der Waals surface area contributed by atoms with Gasteiger partial charge in [-0.3, -0.25) is 33.6 Å². The van der Waals surface area contributed by atoms with E-state index in [-0.39, 0.29) is 12.3 Å². The second kappa shape index (κ2) is 22.3. The number of hydrogen-bond acceptors (Lipinski definition) is 12. The molecule has 0 bridgehead atoms. The second-order valence-electron chi connectivity index (χ2n) is 12.8. The van der Waals surface area contributed by atoms with Crippen molar-refractivity contribution in [2.75, 3.05) is 26.4 Å². The fraction of sp³-hybridized carbons (Fsp3) is 0.733. The Kier molecular flexibility index (Phi) is 20.4. The molecule has 0 fully saturated rings. The number of aliphatic hydroxyl groups is 3. The molecular weight excluding hydrogens is 664 g/mol. The minimum atomic E-state index is -1.65. The zero-order chi connectivity index (χ0) is 38.9. The van der Waals surface area contributed by atoms with Crippen LogP contribution in [0.5, 0.6) is 0 Å². The summed E-state index contributed by atoms with van der Waals surface area (Å²) >= 11 is 0. The summed E-state index contributed by atoms with van der Waals surface area (Å²) in [5.74, 6) is -8.53. The van der Waals surface area contributed by atoms with E-state index in [9.17, 15) is 53.7 Å². The number of aliphatic hydroxyl groups excluding tert-OH is 3. The first kappa shape index (κ1) is 45.6. The molecule has 0 rings (SSSR count). The molecule has 50 heavy (non-hydrogen) atoms. The summed E-state index contributed by atoms with van der Waals surface area (Å²) in [5, 5.41) is 54.1. The molecule has 0 unspecified atom stereocenters. The zero-order valence-corrected chi connectivity index (χ0v) is 29.4. The Bertz CT molecular complexity index is 1200. The Morgan fingerprint density at radius 3 is 1.42 bits per heavy atom. The SMILES string of the molecule is CC(C)C[C@H](NC(=O)[C@H](C)NC(=O)CNC(=O)[C@@H](NC(=O)[C@H](CO)NC(=O)[C@H](CO)NC(=O)[C@@H](NC(=O)[C@@H](N)CO)C(C)C)C(C)C)C(=O)O. The van der Waals surface area contributed by atoms with Gasteiger partial charge in [0.15, 0.2) is 0 Å². The van der Waals surface area contributed by atoms with Crippen LogP contribution in [-0.4, -0.2) is 136 Å². The Labute approximate surface area is 290 Å². The highest BCUT2D eigenvalue weighted by Gasteiger charge is 2.33. The maximum Gasteiger partial charge on any atom is 0.326 e. The minimum Gasteiger partial charge on any atom is -0.480 e. The standard InChI is InChI=1S/C30H54N8O12/c1-13(2)8-18(30(49)50)34-24(43)16(7)33-21(42)9-32-28(47)22(14(3)4)38-27(46)20(12-41)35-26(45)19(11-40)36-29(48)23(15(5)6)37-25(44)17(31)10-39/h13-20,22-23,39-41H,8-12,31H2,1-7H3,(H,32,47)(H,33,42)(H,34,43)(H,35,45)(H,36,48)(H,37,44)(H,38,46)(H,49,50)/t16-,17-,18-,19-,20-,22-,23-/m0/s1. The molecular formula is C30H54N8O12. The number of carboxylic acids is 1. The van der Waals surface area contributed by atoms with E-state index >= 15 is 0 Å². The summed E-state index contributed by atoms with van der Waals surface area (Å²) in [6, 6.07) is -9.39. The summed E-state index contributed by atoms with van der Waals surface area (Å²) in [6.45, 7) is 7.98. The van der Waals surface area contributed by atoms with E-state index in [2.05, 4.69) is 37.2 Å². The van der Waals surface area contributed by atoms with Crippen molar-refractivity contribution < 1.29 is 58.8 Å². The van der Waals surface area contributed by atoms with Gasteiger partial charge in [-0.2, -0.15) is 0 Å². The predicted octanol–water partition coefficient (Wildman–Crippen LogP) is -5.22. The lowest BCUT2D eigenvalue weighted by molar-refractivity contribution is -0.142. The van der Waals surface area contributed by atoms with Crippen molar-refractivity contribution in [1.29, 1.82) is 0 Å². The van der Waals surface area contributed by atoms with Crippen molar-refractivity contribution in [3.05, 3.63) is 0 Å². The third-order valence-electron chi connectivity index (χ3n) is 7.17. The maximum atomic E-state index is 13.0. The topological polar surface area (TPSA) is 328 Å². The average Bonchev–Trinajstić information content (AvgIpc) is 3.04.